The number of hydrogen-bond donors (Lipinski definition) is 2. The first-order valence-corrected chi connectivity index (χ1v) is 8.43. The Kier molecular flexibility index (Phi) is 6.65. The van der Waals surface area contributed by atoms with E-state index in [0.29, 0.717) is 11.5 Å². The van der Waals surface area contributed by atoms with Crippen molar-refractivity contribution in [2.75, 3.05) is 7.05 Å². The van der Waals surface area contributed by atoms with Crippen LogP contribution in [0.1, 0.15) is 56.1 Å². The standard InChI is InChI=1S/C16H30N4S/c1-11(8-9-16(4,5)6)19-15(17-7)18-10-14-12(2)20-13(3)21-14/h11H,8-10H2,1-7H3,(H2,17,18,19). The van der Waals surface area contributed by atoms with Crippen molar-refractivity contribution in [3.8, 4) is 0 Å². The Balaban J connectivity index is 2.43. The molecule has 120 valence electrons. The van der Waals surface area contributed by atoms with Crippen molar-refractivity contribution in [3.63, 3.8) is 0 Å². The first-order chi connectivity index (χ1) is 9.71. The van der Waals surface area contributed by atoms with E-state index in [1.54, 1.807) is 11.3 Å². The molecule has 0 amide bonds. The minimum atomic E-state index is 0.379. The Morgan fingerprint density at radius 2 is 2.00 bits per heavy atom. The molecule has 1 heterocycles. The normalized spacial score (nSPS) is 14.1. The maximum Gasteiger partial charge on any atom is 0.191 e. The van der Waals surface area contributed by atoms with Crippen LogP contribution in [-0.2, 0) is 6.54 Å². The maximum atomic E-state index is 4.45. The van der Waals surface area contributed by atoms with Gasteiger partial charge in [-0.2, -0.15) is 0 Å². The molecule has 4 nitrogen and oxygen atoms in total. The van der Waals surface area contributed by atoms with Gasteiger partial charge in [-0.1, -0.05) is 20.8 Å². The third-order valence-corrected chi connectivity index (χ3v) is 4.42. The van der Waals surface area contributed by atoms with E-state index in [2.05, 4.69) is 55.2 Å². The van der Waals surface area contributed by atoms with Gasteiger partial charge in [-0.15, -0.1) is 11.3 Å². The molecule has 1 rings (SSSR count). The number of aliphatic imine (C=N–C) groups is 1. The molecule has 0 aliphatic rings. The first kappa shape index (κ1) is 18.0. The summed E-state index contributed by atoms with van der Waals surface area (Å²) in [6, 6.07) is 0.416. The Morgan fingerprint density at radius 1 is 1.33 bits per heavy atom. The maximum absolute atomic E-state index is 4.45. The molecule has 5 heteroatoms. The summed E-state index contributed by atoms with van der Waals surface area (Å²) in [7, 11) is 1.82. The molecule has 1 aromatic heterocycles. The molecular formula is C16H30N4S. The van der Waals surface area contributed by atoms with Crippen LogP contribution in [0.2, 0.25) is 0 Å². The second-order valence-corrected chi connectivity index (χ2v) is 8.10. The third kappa shape index (κ3) is 6.93. The van der Waals surface area contributed by atoms with Gasteiger partial charge in [0.05, 0.1) is 17.2 Å². The monoisotopic (exact) mass is 310 g/mol. The summed E-state index contributed by atoms with van der Waals surface area (Å²) in [5.74, 6) is 0.863. The summed E-state index contributed by atoms with van der Waals surface area (Å²) < 4.78 is 0. The van der Waals surface area contributed by atoms with Crippen molar-refractivity contribution in [2.24, 2.45) is 10.4 Å². The summed E-state index contributed by atoms with van der Waals surface area (Å²) in [6.07, 6.45) is 2.34. The minimum absolute atomic E-state index is 0.379. The molecule has 0 aliphatic heterocycles. The molecule has 0 saturated carbocycles. The lowest BCUT2D eigenvalue weighted by atomic mass is 9.89. The van der Waals surface area contributed by atoms with Gasteiger partial charge in [-0.05, 0) is 39.0 Å². The van der Waals surface area contributed by atoms with Crippen LogP contribution in [0.5, 0.6) is 0 Å². The van der Waals surface area contributed by atoms with E-state index in [1.165, 1.54) is 11.3 Å². The van der Waals surface area contributed by atoms with Crippen molar-refractivity contribution in [2.45, 2.75) is 67.0 Å². The molecule has 0 aromatic carbocycles. The van der Waals surface area contributed by atoms with Gasteiger partial charge in [0.25, 0.3) is 0 Å². The molecule has 0 aliphatic carbocycles. The summed E-state index contributed by atoms with van der Waals surface area (Å²) in [4.78, 5) is 10.0. The average Bonchev–Trinajstić information content (AvgIpc) is 2.69. The van der Waals surface area contributed by atoms with E-state index < -0.39 is 0 Å². The third-order valence-electron chi connectivity index (χ3n) is 3.35. The van der Waals surface area contributed by atoms with Crippen molar-refractivity contribution in [3.05, 3.63) is 15.6 Å². The summed E-state index contributed by atoms with van der Waals surface area (Å²) in [5, 5.41) is 7.95. The Bertz CT molecular complexity index is 471. The topological polar surface area (TPSA) is 49.3 Å². The zero-order valence-corrected chi connectivity index (χ0v) is 15.3. The highest BCUT2D eigenvalue weighted by Gasteiger charge is 2.13. The number of guanidine groups is 1. The number of hydrogen-bond acceptors (Lipinski definition) is 3. The zero-order chi connectivity index (χ0) is 16.0. The lowest BCUT2D eigenvalue weighted by Gasteiger charge is -2.23. The Hall–Kier alpha value is -1.10. The van der Waals surface area contributed by atoms with Gasteiger partial charge in [-0.3, -0.25) is 4.99 Å². The predicted octanol–water partition coefficient (Wildman–Crippen LogP) is 3.64. The quantitative estimate of drug-likeness (QED) is 0.645. The second-order valence-electron chi connectivity index (χ2n) is 6.81. The molecule has 0 bridgehead atoms. The molecular weight excluding hydrogens is 280 g/mol. The van der Waals surface area contributed by atoms with E-state index in [4.69, 9.17) is 0 Å². The van der Waals surface area contributed by atoms with Gasteiger partial charge in [0.1, 0.15) is 0 Å². The van der Waals surface area contributed by atoms with Crippen LogP contribution >= 0.6 is 11.3 Å². The van der Waals surface area contributed by atoms with Gasteiger partial charge in [-0.25, -0.2) is 4.98 Å². The van der Waals surface area contributed by atoms with Crippen LogP contribution in [0.25, 0.3) is 0 Å². The second kappa shape index (κ2) is 7.78. The number of rotatable bonds is 5. The van der Waals surface area contributed by atoms with Gasteiger partial charge in [0.15, 0.2) is 5.96 Å². The van der Waals surface area contributed by atoms with Gasteiger partial charge in [0.2, 0.25) is 0 Å². The smallest absolute Gasteiger partial charge is 0.191 e. The minimum Gasteiger partial charge on any atom is -0.354 e. The van der Waals surface area contributed by atoms with Crippen molar-refractivity contribution in [1.82, 2.24) is 15.6 Å². The molecule has 0 saturated heterocycles. The van der Waals surface area contributed by atoms with E-state index in [0.717, 1.165) is 29.6 Å². The van der Waals surface area contributed by atoms with Gasteiger partial charge < -0.3 is 10.6 Å². The number of aryl methyl sites for hydroxylation is 2. The van der Waals surface area contributed by atoms with Crippen LogP contribution in [0.3, 0.4) is 0 Å². The molecule has 21 heavy (non-hydrogen) atoms. The first-order valence-electron chi connectivity index (χ1n) is 7.61. The fourth-order valence-electron chi connectivity index (χ4n) is 2.05. The molecule has 0 radical (unpaired) electrons. The lowest BCUT2D eigenvalue weighted by molar-refractivity contribution is 0.346. The van der Waals surface area contributed by atoms with E-state index in [-0.39, 0.29) is 0 Å². The summed E-state index contributed by atoms with van der Waals surface area (Å²) in [6.45, 7) is 13.9. The van der Waals surface area contributed by atoms with Crippen LogP contribution < -0.4 is 10.6 Å². The van der Waals surface area contributed by atoms with Gasteiger partial charge >= 0.3 is 0 Å². The molecule has 2 N–H and O–H groups in total. The summed E-state index contributed by atoms with van der Waals surface area (Å²) >= 11 is 1.74. The van der Waals surface area contributed by atoms with E-state index in [9.17, 15) is 0 Å². The van der Waals surface area contributed by atoms with Gasteiger partial charge in [0, 0.05) is 18.0 Å². The lowest BCUT2D eigenvalue weighted by Crippen LogP contribution is -2.42. The zero-order valence-electron chi connectivity index (χ0n) is 14.5. The molecule has 0 fully saturated rings. The fraction of sp³-hybridized carbons (Fsp3) is 0.750. The number of nitrogens with one attached hydrogen (secondary N) is 2. The number of nitrogens with zero attached hydrogens (tertiary/aromatic N) is 2. The largest absolute Gasteiger partial charge is 0.354 e. The van der Waals surface area contributed by atoms with Crippen molar-refractivity contribution in [1.29, 1.82) is 0 Å². The van der Waals surface area contributed by atoms with Crippen LogP contribution in [0.15, 0.2) is 4.99 Å². The average molecular weight is 311 g/mol. The Labute approximate surface area is 133 Å². The van der Waals surface area contributed by atoms with Crippen LogP contribution in [-0.4, -0.2) is 24.0 Å². The van der Waals surface area contributed by atoms with Crippen LogP contribution in [0, 0.1) is 19.3 Å². The predicted molar refractivity (Wildman–Crippen MR) is 93.1 cm³/mol. The number of aromatic nitrogens is 1. The Morgan fingerprint density at radius 3 is 2.48 bits per heavy atom. The van der Waals surface area contributed by atoms with Crippen molar-refractivity contribution >= 4 is 17.3 Å². The highest BCUT2D eigenvalue weighted by molar-refractivity contribution is 7.11. The molecule has 1 aromatic rings. The fourth-order valence-corrected chi connectivity index (χ4v) is 2.93. The van der Waals surface area contributed by atoms with Crippen molar-refractivity contribution < 1.29 is 0 Å². The van der Waals surface area contributed by atoms with E-state index >= 15 is 0 Å². The highest BCUT2D eigenvalue weighted by atomic mass is 32.1. The number of thiazole rings is 1. The molecule has 1 unspecified atom stereocenters. The molecule has 0 spiro atoms. The SMILES string of the molecule is CN=C(NCc1sc(C)nc1C)NC(C)CCC(C)(C)C. The summed E-state index contributed by atoms with van der Waals surface area (Å²) in [5.41, 5.74) is 1.49. The highest BCUT2D eigenvalue weighted by Crippen LogP contribution is 2.21. The van der Waals surface area contributed by atoms with E-state index in [1.807, 2.05) is 14.0 Å². The molecule has 1 atom stereocenters. The van der Waals surface area contributed by atoms with Crippen LogP contribution in [0.4, 0.5) is 0 Å².